The molecule has 1 N–H and O–H groups in total. The average Bonchev–Trinajstić information content (AvgIpc) is 3.31. The van der Waals surface area contributed by atoms with Crippen LogP contribution in [0.2, 0.25) is 0 Å². The number of carbonyl (C=O) groups excluding carboxylic acids is 1. The van der Waals surface area contributed by atoms with Crippen molar-refractivity contribution >= 4 is 25.6 Å². The maximum Gasteiger partial charge on any atom is 0.303 e. The number of imidazole rings is 2. The van der Waals surface area contributed by atoms with Gasteiger partial charge in [-0.2, -0.15) is 0 Å². The van der Waals surface area contributed by atoms with Crippen molar-refractivity contribution in [1.82, 2.24) is 19.1 Å². The second kappa shape index (κ2) is 7.05. The van der Waals surface area contributed by atoms with Crippen molar-refractivity contribution in [1.29, 1.82) is 0 Å². The molecule has 0 spiro atoms. The fraction of sp³-hybridized carbons (Fsp3) is 0.500. The Kier molecular flexibility index (Phi) is 5.10. The van der Waals surface area contributed by atoms with Gasteiger partial charge in [0, 0.05) is 32.4 Å². The van der Waals surface area contributed by atoms with Crippen LogP contribution in [-0.2, 0) is 55.5 Å². The number of hydrogen-bond donors (Lipinski definition) is 1. The summed E-state index contributed by atoms with van der Waals surface area (Å²) < 4.78 is 53.1. The molecule has 2 aliphatic rings. The van der Waals surface area contributed by atoms with Crippen molar-refractivity contribution in [3.05, 3.63) is 23.8 Å². The first-order valence-electron chi connectivity index (χ1n) is 7.94. The van der Waals surface area contributed by atoms with E-state index in [1.807, 2.05) is 0 Å². The van der Waals surface area contributed by atoms with Crippen molar-refractivity contribution in [2.24, 2.45) is 0 Å². The molecular weight excluding hydrogens is 400 g/mol. The summed E-state index contributed by atoms with van der Waals surface area (Å²) in [6, 6.07) is 0. The number of aliphatic hydroxyl groups excluding tert-OH is 1. The summed E-state index contributed by atoms with van der Waals surface area (Å²) in [6.45, 7) is 1.97. The number of nitrogens with zero attached hydrogens (tertiary/aromatic N) is 4. The third kappa shape index (κ3) is 4.04. The Morgan fingerprint density at radius 1 is 1.04 bits per heavy atom. The number of carbonyl (C=O) groups is 1. The lowest BCUT2D eigenvalue weighted by Crippen LogP contribution is -2.03. The third-order valence-corrected chi connectivity index (χ3v) is 7.13. The van der Waals surface area contributed by atoms with Crippen LogP contribution in [0.15, 0.2) is 22.7 Å². The Hall–Kier alpha value is -2.25. The second-order valence-electron chi connectivity index (χ2n) is 5.99. The topological polar surface area (TPSA) is 150 Å². The van der Waals surface area contributed by atoms with Gasteiger partial charge in [-0.25, -0.2) is 26.8 Å². The fourth-order valence-electron chi connectivity index (χ4n) is 2.66. The quantitative estimate of drug-likeness (QED) is 0.612. The predicted molar refractivity (Wildman–Crippen MR) is 90.0 cm³/mol. The highest BCUT2D eigenvalue weighted by Gasteiger charge is 2.29. The lowest BCUT2D eigenvalue weighted by atomic mass is 10.5. The summed E-state index contributed by atoms with van der Waals surface area (Å²) in [5.41, 5.74) is 0.872. The number of hydrogen-bond acceptors (Lipinski definition) is 9. The number of esters is 1. The lowest BCUT2D eigenvalue weighted by molar-refractivity contribution is -0.142. The van der Waals surface area contributed by atoms with Crippen molar-refractivity contribution in [2.45, 2.75) is 43.5 Å². The van der Waals surface area contributed by atoms with Gasteiger partial charge >= 0.3 is 5.97 Å². The van der Waals surface area contributed by atoms with Crippen molar-refractivity contribution < 1.29 is 31.5 Å². The summed E-state index contributed by atoms with van der Waals surface area (Å²) in [7, 11) is -6.37. The maximum absolute atomic E-state index is 11.4. The van der Waals surface area contributed by atoms with Crippen LogP contribution in [0.3, 0.4) is 0 Å². The van der Waals surface area contributed by atoms with Crippen molar-refractivity contribution in [3.8, 4) is 0 Å². The molecule has 2 aliphatic heterocycles. The summed E-state index contributed by atoms with van der Waals surface area (Å²) >= 11 is 0. The molecule has 0 atom stereocenters. The van der Waals surface area contributed by atoms with E-state index in [9.17, 15) is 21.6 Å². The van der Waals surface area contributed by atoms with E-state index >= 15 is 0 Å². The largest absolute Gasteiger partial charge is 0.459 e. The third-order valence-electron chi connectivity index (χ3n) is 3.92. The minimum atomic E-state index is -3.21. The molecule has 148 valence electrons. The van der Waals surface area contributed by atoms with Gasteiger partial charge in [0.15, 0.2) is 0 Å². The summed E-state index contributed by atoms with van der Waals surface area (Å²) in [5.74, 6) is -0.185. The monoisotopic (exact) mass is 418 g/mol. The standard InChI is InChI=1S/C8H10N2O4S.C6H8N2O3S/c1-6(11)14-5-7-4-10-2-3-15(12,13)8(10)9-7;9-4-5-3-8-1-2-12(10,11)6(8)7-5/h4H,2-3,5H2,1H3;3,9H,1-2,4H2. The van der Waals surface area contributed by atoms with Gasteiger partial charge in [0.05, 0.1) is 29.5 Å². The Morgan fingerprint density at radius 3 is 1.96 bits per heavy atom. The van der Waals surface area contributed by atoms with Crippen molar-refractivity contribution in [3.63, 3.8) is 0 Å². The van der Waals surface area contributed by atoms with E-state index in [0.717, 1.165) is 0 Å². The number of aromatic nitrogens is 4. The molecule has 4 heterocycles. The van der Waals surface area contributed by atoms with Gasteiger partial charge in [-0.05, 0) is 0 Å². The van der Waals surface area contributed by atoms with Crippen LogP contribution in [0.5, 0.6) is 0 Å². The highest BCUT2D eigenvalue weighted by atomic mass is 32.2. The molecule has 11 nitrogen and oxygen atoms in total. The van der Waals surface area contributed by atoms with E-state index in [4.69, 9.17) is 9.84 Å². The smallest absolute Gasteiger partial charge is 0.303 e. The van der Waals surface area contributed by atoms with Crippen LogP contribution in [0.1, 0.15) is 18.3 Å². The summed E-state index contributed by atoms with van der Waals surface area (Å²) in [5, 5.41) is 8.86. The van der Waals surface area contributed by atoms with E-state index in [0.29, 0.717) is 24.5 Å². The van der Waals surface area contributed by atoms with E-state index in [2.05, 4.69) is 9.97 Å². The number of fused-ring (bicyclic) bond motifs is 2. The molecule has 27 heavy (non-hydrogen) atoms. The van der Waals surface area contributed by atoms with Crippen LogP contribution in [0, 0.1) is 0 Å². The van der Waals surface area contributed by atoms with Crippen LogP contribution < -0.4 is 0 Å². The fourth-order valence-corrected chi connectivity index (χ4v) is 5.41. The van der Waals surface area contributed by atoms with Gasteiger partial charge in [0.2, 0.25) is 30.0 Å². The molecule has 13 heteroatoms. The molecule has 0 saturated carbocycles. The summed E-state index contributed by atoms with van der Waals surface area (Å²) in [4.78, 5) is 18.2. The molecule has 0 saturated heterocycles. The van der Waals surface area contributed by atoms with Crippen LogP contribution >= 0.6 is 0 Å². The highest BCUT2D eigenvalue weighted by Crippen LogP contribution is 2.19. The van der Waals surface area contributed by atoms with Gasteiger partial charge in [0.25, 0.3) is 0 Å². The number of ether oxygens (including phenoxy) is 1. The first-order chi connectivity index (χ1) is 12.6. The van der Waals surface area contributed by atoms with Gasteiger partial charge in [-0.1, -0.05) is 0 Å². The second-order valence-corrected chi connectivity index (χ2v) is 10.00. The molecule has 2 aromatic rings. The number of sulfone groups is 2. The molecule has 0 unspecified atom stereocenters. The Balaban J connectivity index is 0.000000159. The normalized spacial score (nSPS) is 18.3. The zero-order chi connectivity index (χ0) is 19.8. The van der Waals surface area contributed by atoms with Crippen LogP contribution in [-0.4, -0.2) is 58.5 Å². The molecular formula is C14H18N4O7S2. The number of rotatable bonds is 3. The average molecular weight is 418 g/mol. The first kappa shape index (κ1) is 19.5. The lowest BCUT2D eigenvalue weighted by Gasteiger charge is -1.96. The highest BCUT2D eigenvalue weighted by molar-refractivity contribution is 7.91. The minimum Gasteiger partial charge on any atom is -0.459 e. The minimum absolute atomic E-state index is 0.0187. The molecule has 0 fully saturated rings. The van der Waals surface area contributed by atoms with E-state index in [1.54, 1.807) is 21.5 Å². The van der Waals surface area contributed by atoms with Gasteiger partial charge in [0.1, 0.15) is 6.61 Å². The SMILES string of the molecule is CC(=O)OCc1cn2c(n1)S(=O)(=O)CC2.O=S1(=O)CCn2cc(CO)nc21. The van der Waals surface area contributed by atoms with Gasteiger partial charge in [-0.15, -0.1) is 0 Å². The van der Waals surface area contributed by atoms with E-state index < -0.39 is 25.6 Å². The zero-order valence-corrected chi connectivity index (χ0v) is 16.0. The van der Waals surface area contributed by atoms with E-state index in [1.165, 1.54) is 6.92 Å². The molecule has 0 aliphatic carbocycles. The van der Waals surface area contributed by atoms with Gasteiger partial charge < -0.3 is 19.0 Å². The molecule has 2 aromatic heterocycles. The van der Waals surface area contributed by atoms with Crippen LogP contribution in [0.4, 0.5) is 0 Å². The molecule has 4 rings (SSSR count). The Morgan fingerprint density at radius 2 is 1.52 bits per heavy atom. The zero-order valence-electron chi connectivity index (χ0n) is 14.4. The number of aryl methyl sites for hydroxylation is 2. The molecule has 0 amide bonds. The van der Waals surface area contributed by atoms with Crippen LogP contribution in [0.25, 0.3) is 0 Å². The Labute approximate surface area is 155 Å². The Bertz CT molecular complexity index is 1080. The molecule has 0 radical (unpaired) electrons. The maximum atomic E-state index is 11.4. The number of aliphatic hydroxyl groups is 1. The van der Waals surface area contributed by atoms with Gasteiger partial charge in [-0.3, -0.25) is 4.79 Å². The first-order valence-corrected chi connectivity index (χ1v) is 11.2. The van der Waals surface area contributed by atoms with Crippen molar-refractivity contribution in [2.75, 3.05) is 11.5 Å². The predicted octanol–water partition coefficient (Wildman–Crippen LogP) is -1.10. The summed E-state index contributed by atoms with van der Waals surface area (Å²) in [6.07, 6.45) is 3.17. The molecule has 0 bridgehead atoms. The van der Waals surface area contributed by atoms with E-state index in [-0.39, 0.29) is 35.0 Å². The molecule has 0 aromatic carbocycles.